The molecule has 1 aromatic carbocycles. The fourth-order valence-electron chi connectivity index (χ4n) is 3.68. The van der Waals surface area contributed by atoms with Crippen LogP contribution in [0.4, 0.5) is 0 Å². The molecule has 2 fully saturated rings. The van der Waals surface area contributed by atoms with E-state index in [2.05, 4.69) is 10.6 Å². The van der Waals surface area contributed by atoms with Gasteiger partial charge in [0.15, 0.2) is 0 Å². The highest BCUT2D eigenvalue weighted by Gasteiger charge is 2.27. The Kier molecular flexibility index (Phi) is 7.29. The normalized spacial score (nSPS) is 22.6. The maximum atomic E-state index is 12.7. The van der Waals surface area contributed by atoms with E-state index in [1.807, 2.05) is 6.92 Å². The van der Waals surface area contributed by atoms with Gasteiger partial charge in [-0.1, -0.05) is 11.6 Å². The third-order valence-corrected chi connectivity index (χ3v) is 5.13. The van der Waals surface area contributed by atoms with Gasteiger partial charge in [0.2, 0.25) is 5.91 Å². The second-order valence-electron chi connectivity index (χ2n) is 7.17. The van der Waals surface area contributed by atoms with Crippen molar-refractivity contribution in [1.82, 2.24) is 15.5 Å². The van der Waals surface area contributed by atoms with Crippen LogP contribution in [0.15, 0.2) is 18.2 Å². The number of carbonyl (C=O) groups is 2. The number of nitrogens with zero attached hydrogens (tertiary/aromatic N) is 1. The van der Waals surface area contributed by atoms with Gasteiger partial charge in [0.25, 0.3) is 5.91 Å². The van der Waals surface area contributed by atoms with Crippen LogP contribution in [0.5, 0.6) is 5.75 Å². The molecule has 7 heteroatoms. The first-order chi connectivity index (χ1) is 12.0. The molecule has 2 unspecified atom stereocenters. The predicted molar refractivity (Wildman–Crippen MR) is 103 cm³/mol. The highest BCUT2D eigenvalue weighted by atomic mass is 35.5. The van der Waals surface area contributed by atoms with Crippen LogP contribution in [0.25, 0.3) is 0 Å². The van der Waals surface area contributed by atoms with Crippen LogP contribution in [0.3, 0.4) is 0 Å². The van der Waals surface area contributed by atoms with Crippen LogP contribution < -0.4 is 10.6 Å². The van der Waals surface area contributed by atoms with Crippen molar-refractivity contribution in [3.8, 4) is 5.75 Å². The van der Waals surface area contributed by atoms with Crippen molar-refractivity contribution in [3.63, 3.8) is 0 Å². The van der Waals surface area contributed by atoms with Gasteiger partial charge in [-0.25, -0.2) is 0 Å². The van der Waals surface area contributed by atoms with E-state index in [4.69, 9.17) is 0 Å². The first kappa shape index (κ1) is 20.5. The van der Waals surface area contributed by atoms with Crippen molar-refractivity contribution in [1.29, 1.82) is 0 Å². The summed E-state index contributed by atoms with van der Waals surface area (Å²) in [5.74, 6) is 0.223. The van der Waals surface area contributed by atoms with E-state index in [1.54, 1.807) is 23.1 Å². The number of benzene rings is 1. The number of amides is 2. The van der Waals surface area contributed by atoms with Gasteiger partial charge in [-0.2, -0.15) is 0 Å². The van der Waals surface area contributed by atoms with E-state index < -0.39 is 0 Å². The summed E-state index contributed by atoms with van der Waals surface area (Å²) >= 11 is 0. The number of halogens is 1. The summed E-state index contributed by atoms with van der Waals surface area (Å²) in [6.45, 7) is 4.72. The largest absolute Gasteiger partial charge is 0.507 e. The third kappa shape index (κ3) is 4.89. The molecular weight excluding hydrogens is 354 g/mol. The molecular formula is C19H28ClN3O3. The first-order valence-corrected chi connectivity index (χ1v) is 9.14. The molecule has 3 rings (SSSR count). The predicted octanol–water partition coefficient (Wildman–Crippen LogP) is 1.84. The van der Waals surface area contributed by atoms with Crippen molar-refractivity contribution in [2.24, 2.45) is 5.92 Å². The molecule has 2 aliphatic rings. The lowest BCUT2D eigenvalue weighted by molar-refractivity contribution is -0.123. The molecule has 2 amide bonds. The Labute approximate surface area is 160 Å². The molecule has 0 saturated carbocycles. The Balaban J connectivity index is 0.00000243. The minimum Gasteiger partial charge on any atom is -0.507 e. The van der Waals surface area contributed by atoms with E-state index in [1.165, 1.54) is 0 Å². The number of carbonyl (C=O) groups excluding carboxylic acids is 2. The minimum absolute atomic E-state index is 0. The fraction of sp³-hybridized carbons (Fsp3) is 0.579. The molecule has 0 aliphatic carbocycles. The fourth-order valence-corrected chi connectivity index (χ4v) is 3.68. The van der Waals surface area contributed by atoms with Gasteiger partial charge in [-0.05, 0) is 57.2 Å². The SMILES string of the molecule is Cc1ccc(O)c(C(=O)N2CCCC(CNC(=O)C3CCCN3)C2)c1.Cl. The molecule has 144 valence electrons. The standard InChI is InChI=1S/C19H27N3O3.ClH/c1-13-6-7-17(23)15(10-13)19(25)22-9-3-4-14(12-22)11-21-18(24)16-5-2-8-20-16;/h6-7,10,14,16,20,23H,2-5,8-9,11-12H2,1H3,(H,21,24);1H. The maximum Gasteiger partial charge on any atom is 0.257 e. The first-order valence-electron chi connectivity index (χ1n) is 9.14. The van der Waals surface area contributed by atoms with Crippen LogP contribution in [0.2, 0.25) is 0 Å². The number of hydrogen-bond donors (Lipinski definition) is 3. The third-order valence-electron chi connectivity index (χ3n) is 5.13. The Morgan fingerprint density at radius 1 is 1.31 bits per heavy atom. The van der Waals surface area contributed by atoms with Gasteiger partial charge in [0.1, 0.15) is 5.75 Å². The molecule has 1 aromatic rings. The van der Waals surface area contributed by atoms with Crippen LogP contribution >= 0.6 is 12.4 Å². The average molecular weight is 382 g/mol. The van der Waals surface area contributed by atoms with Gasteiger partial charge in [0, 0.05) is 19.6 Å². The summed E-state index contributed by atoms with van der Waals surface area (Å²) in [7, 11) is 0. The van der Waals surface area contributed by atoms with E-state index in [-0.39, 0.29) is 41.9 Å². The highest BCUT2D eigenvalue weighted by molar-refractivity contribution is 5.97. The smallest absolute Gasteiger partial charge is 0.257 e. The summed E-state index contributed by atoms with van der Waals surface area (Å²) in [6.07, 6.45) is 3.86. The van der Waals surface area contributed by atoms with Crippen molar-refractivity contribution >= 4 is 24.2 Å². The Bertz CT molecular complexity index is 647. The quantitative estimate of drug-likeness (QED) is 0.743. The topological polar surface area (TPSA) is 81.7 Å². The van der Waals surface area contributed by atoms with Crippen LogP contribution in [0.1, 0.15) is 41.6 Å². The summed E-state index contributed by atoms with van der Waals surface area (Å²) in [5.41, 5.74) is 1.31. The number of rotatable bonds is 4. The molecule has 0 radical (unpaired) electrons. The molecule has 0 spiro atoms. The molecule has 0 aromatic heterocycles. The molecule has 2 aliphatic heterocycles. The zero-order valence-corrected chi connectivity index (χ0v) is 16.0. The Hall–Kier alpha value is -1.79. The number of piperidine rings is 1. The number of likely N-dealkylation sites (tertiary alicyclic amines) is 1. The molecule has 0 bridgehead atoms. The number of aromatic hydroxyl groups is 1. The highest BCUT2D eigenvalue weighted by Crippen LogP contribution is 2.23. The van der Waals surface area contributed by atoms with E-state index >= 15 is 0 Å². The number of phenols is 1. The zero-order valence-electron chi connectivity index (χ0n) is 15.2. The monoisotopic (exact) mass is 381 g/mol. The molecule has 3 N–H and O–H groups in total. The van der Waals surface area contributed by atoms with Crippen LogP contribution in [-0.4, -0.2) is 54.0 Å². The van der Waals surface area contributed by atoms with Crippen molar-refractivity contribution < 1.29 is 14.7 Å². The average Bonchev–Trinajstić information content (AvgIpc) is 3.16. The number of phenolic OH excluding ortho intramolecular Hbond substituents is 1. The number of hydrogen-bond acceptors (Lipinski definition) is 4. The van der Waals surface area contributed by atoms with E-state index in [9.17, 15) is 14.7 Å². The zero-order chi connectivity index (χ0) is 17.8. The van der Waals surface area contributed by atoms with Crippen molar-refractivity contribution in [2.45, 2.75) is 38.6 Å². The van der Waals surface area contributed by atoms with Gasteiger partial charge < -0.3 is 20.6 Å². The molecule has 6 nitrogen and oxygen atoms in total. The van der Waals surface area contributed by atoms with E-state index in [0.717, 1.165) is 37.8 Å². The number of nitrogens with one attached hydrogen (secondary N) is 2. The number of aryl methyl sites for hydroxylation is 1. The lowest BCUT2D eigenvalue weighted by Gasteiger charge is -2.33. The summed E-state index contributed by atoms with van der Waals surface area (Å²) in [6, 6.07) is 5.02. The lowest BCUT2D eigenvalue weighted by atomic mass is 9.96. The van der Waals surface area contributed by atoms with Gasteiger partial charge >= 0.3 is 0 Å². The van der Waals surface area contributed by atoms with Crippen molar-refractivity contribution in [2.75, 3.05) is 26.2 Å². The molecule has 2 heterocycles. The molecule has 2 saturated heterocycles. The molecule has 26 heavy (non-hydrogen) atoms. The summed E-state index contributed by atoms with van der Waals surface area (Å²) in [4.78, 5) is 26.6. The van der Waals surface area contributed by atoms with Crippen LogP contribution in [0, 0.1) is 12.8 Å². The van der Waals surface area contributed by atoms with Crippen LogP contribution in [-0.2, 0) is 4.79 Å². The lowest BCUT2D eigenvalue weighted by Crippen LogP contribution is -2.46. The van der Waals surface area contributed by atoms with Crippen molar-refractivity contribution in [3.05, 3.63) is 29.3 Å². The van der Waals surface area contributed by atoms with Gasteiger partial charge in [-0.15, -0.1) is 12.4 Å². The minimum atomic E-state index is -0.130. The van der Waals surface area contributed by atoms with E-state index in [0.29, 0.717) is 25.2 Å². The van der Waals surface area contributed by atoms with Gasteiger partial charge in [-0.3, -0.25) is 9.59 Å². The second-order valence-corrected chi connectivity index (χ2v) is 7.17. The van der Waals surface area contributed by atoms with Gasteiger partial charge in [0.05, 0.1) is 11.6 Å². The summed E-state index contributed by atoms with van der Waals surface area (Å²) < 4.78 is 0. The molecule has 2 atom stereocenters. The maximum absolute atomic E-state index is 12.7. The Morgan fingerprint density at radius 2 is 2.12 bits per heavy atom. The second kappa shape index (κ2) is 9.24. The Morgan fingerprint density at radius 3 is 2.85 bits per heavy atom. The summed E-state index contributed by atoms with van der Waals surface area (Å²) in [5, 5.41) is 16.2.